The van der Waals surface area contributed by atoms with Gasteiger partial charge in [0.25, 0.3) is 0 Å². The third-order valence-electron chi connectivity index (χ3n) is 5.93. The minimum Gasteiger partial charge on any atom is -0.368 e. The Hall–Kier alpha value is -2.08. The third kappa shape index (κ3) is 4.17. The highest BCUT2D eigenvalue weighted by atomic mass is 35.5. The number of nitrogens with one attached hydrogen (secondary N) is 2. The second-order valence-electron chi connectivity index (χ2n) is 7.68. The Morgan fingerprint density at radius 3 is 2.36 bits per heavy atom. The molecule has 0 radical (unpaired) electrons. The first-order valence-electron chi connectivity index (χ1n) is 9.96. The van der Waals surface area contributed by atoms with E-state index >= 15 is 0 Å². The summed E-state index contributed by atoms with van der Waals surface area (Å²) in [6.45, 7) is 5.46. The lowest BCUT2D eigenvalue weighted by atomic mass is 9.87. The molecule has 28 heavy (non-hydrogen) atoms. The molecule has 0 aromatic heterocycles. The van der Waals surface area contributed by atoms with E-state index in [1.54, 1.807) is 0 Å². The van der Waals surface area contributed by atoms with Gasteiger partial charge >= 0.3 is 0 Å². The molecule has 3 unspecified atom stereocenters. The lowest BCUT2D eigenvalue weighted by molar-refractivity contribution is -0.132. The average molecular weight is 399 g/mol. The van der Waals surface area contributed by atoms with E-state index in [1.165, 1.54) is 5.69 Å². The minimum atomic E-state index is 0.113. The van der Waals surface area contributed by atoms with Crippen LogP contribution in [0.15, 0.2) is 54.6 Å². The van der Waals surface area contributed by atoms with Crippen molar-refractivity contribution in [3.8, 4) is 0 Å². The maximum absolute atomic E-state index is 13.0. The molecule has 6 heteroatoms. The Bertz CT molecular complexity index is 790. The Kier molecular flexibility index (Phi) is 5.85. The van der Waals surface area contributed by atoms with Crippen LogP contribution >= 0.6 is 11.6 Å². The number of piperazine rings is 1. The topological polar surface area (TPSA) is 47.6 Å². The van der Waals surface area contributed by atoms with Crippen LogP contribution in [-0.4, -0.2) is 43.0 Å². The maximum Gasteiger partial charge on any atom is 0.223 e. The Balaban J connectivity index is 1.37. The van der Waals surface area contributed by atoms with Crippen LogP contribution in [0.2, 0.25) is 5.02 Å². The van der Waals surface area contributed by atoms with Gasteiger partial charge in [-0.3, -0.25) is 10.2 Å². The number of benzene rings is 2. The molecule has 2 heterocycles. The number of halogens is 1. The summed E-state index contributed by atoms with van der Waals surface area (Å²) in [6.07, 6.45) is 0.541. The standard InChI is InChI=1S/C22H27ClN4O/c1-16-20(22(25-24-16)17-7-9-18(23)10-8-17)15-21(28)27-13-11-26(12-14-27)19-5-3-2-4-6-19/h2-10,16,20,22,24-25H,11-15H2,1H3. The predicted molar refractivity (Wildman–Crippen MR) is 113 cm³/mol. The SMILES string of the molecule is CC1NNC(c2ccc(Cl)cc2)C1CC(=O)N1CCN(c2ccccc2)CC1. The number of para-hydroxylation sites is 1. The van der Waals surface area contributed by atoms with E-state index in [1.807, 2.05) is 35.2 Å². The molecule has 0 saturated carbocycles. The fraction of sp³-hybridized carbons (Fsp3) is 0.409. The summed E-state index contributed by atoms with van der Waals surface area (Å²) in [5.74, 6) is 0.454. The molecule has 2 saturated heterocycles. The van der Waals surface area contributed by atoms with Crippen LogP contribution in [0.4, 0.5) is 5.69 Å². The summed E-state index contributed by atoms with van der Waals surface area (Å²) in [7, 11) is 0. The van der Waals surface area contributed by atoms with Crippen molar-refractivity contribution in [3.63, 3.8) is 0 Å². The third-order valence-corrected chi connectivity index (χ3v) is 6.18. The molecule has 2 aromatic carbocycles. The van der Waals surface area contributed by atoms with Crippen molar-refractivity contribution < 1.29 is 4.79 Å². The number of nitrogens with zero attached hydrogens (tertiary/aromatic N) is 2. The van der Waals surface area contributed by atoms with Crippen LogP contribution in [-0.2, 0) is 4.79 Å². The number of hydrogen-bond acceptors (Lipinski definition) is 4. The highest BCUT2D eigenvalue weighted by Gasteiger charge is 2.36. The number of hydrazine groups is 1. The van der Waals surface area contributed by atoms with Gasteiger partial charge in [0.1, 0.15) is 0 Å². The molecule has 3 atom stereocenters. The van der Waals surface area contributed by atoms with Crippen molar-refractivity contribution in [1.29, 1.82) is 0 Å². The molecule has 148 valence electrons. The van der Waals surface area contributed by atoms with Crippen molar-refractivity contribution in [3.05, 3.63) is 65.2 Å². The van der Waals surface area contributed by atoms with E-state index in [4.69, 9.17) is 11.6 Å². The molecular formula is C22H27ClN4O. The van der Waals surface area contributed by atoms with Gasteiger partial charge in [0.2, 0.25) is 5.91 Å². The first-order valence-corrected chi connectivity index (χ1v) is 10.3. The zero-order chi connectivity index (χ0) is 19.5. The summed E-state index contributed by atoms with van der Waals surface area (Å²) in [5, 5.41) is 0.728. The fourth-order valence-electron chi connectivity index (χ4n) is 4.20. The molecule has 0 spiro atoms. The number of anilines is 1. The molecule has 2 N–H and O–H groups in total. The predicted octanol–water partition coefficient (Wildman–Crippen LogP) is 3.23. The van der Waals surface area contributed by atoms with E-state index in [9.17, 15) is 4.79 Å². The largest absolute Gasteiger partial charge is 0.368 e. The van der Waals surface area contributed by atoms with Gasteiger partial charge in [0.15, 0.2) is 0 Å². The van der Waals surface area contributed by atoms with E-state index in [0.717, 1.165) is 36.8 Å². The number of hydrogen-bond donors (Lipinski definition) is 2. The van der Waals surface area contributed by atoms with Crippen LogP contribution in [0, 0.1) is 5.92 Å². The summed E-state index contributed by atoms with van der Waals surface area (Å²) >= 11 is 6.02. The monoisotopic (exact) mass is 398 g/mol. The van der Waals surface area contributed by atoms with Crippen LogP contribution in [0.1, 0.15) is 24.9 Å². The van der Waals surface area contributed by atoms with E-state index in [-0.39, 0.29) is 23.9 Å². The van der Waals surface area contributed by atoms with Crippen molar-refractivity contribution in [2.24, 2.45) is 5.92 Å². The second kappa shape index (κ2) is 8.52. The van der Waals surface area contributed by atoms with Gasteiger partial charge in [0, 0.05) is 55.3 Å². The highest BCUT2D eigenvalue weighted by Crippen LogP contribution is 2.32. The van der Waals surface area contributed by atoms with Crippen LogP contribution in [0.25, 0.3) is 0 Å². The van der Waals surface area contributed by atoms with Crippen molar-refractivity contribution in [2.75, 3.05) is 31.1 Å². The van der Waals surface area contributed by atoms with Crippen LogP contribution in [0.3, 0.4) is 0 Å². The molecular weight excluding hydrogens is 372 g/mol. The van der Waals surface area contributed by atoms with E-state index in [2.05, 4.69) is 46.9 Å². The fourth-order valence-corrected chi connectivity index (χ4v) is 4.33. The molecule has 0 bridgehead atoms. The van der Waals surface area contributed by atoms with Crippen LogP contribution < -0.4 is 15.8 Å². The Morgan fingerprint density at radius 1 is 1.00 bits per heavy atom. The summed E-state index contributed by atoms with van der Waals surface area (Å²) in [6, 6.07) is 18.6. The van der Waals surface area contributed by atoms with Crippen molar-refractivity contribution >= 4 is 23.2 Å². The first kappa shape index (κ1) is 19.2. The lowest BCUT2D eigenvalue weighted by Crippen LogP contribution is -2.49. The molecule has 4 rings (SSSR count). The zero-order valence-electron chi connectivity index (χ0n) is 16.1. The molecule has 5 nitrogen and oxygen atoms in total. The van der Waals surface area contributed by atoms with Gasteiger partial charge in [-0.25, -0.2) is 5.43 Å². The number of rotatable bonds is 4. The zero-order valence-corrected chi connectivity index (χ0v) is 16.9. The number of carbonyl (C=O) groups is 1. The molecule has 2 aliphatic rings. The smallest absolute Gasteiger partial charge is 0.223 e. The molecule has 2 fully saturated rings. The first-order chi connectivity index (χ1) is 13.6. The maximum atomic E-state index is 13.0. The average Bonchev–Trinajstić information content (AvgIpc) is 3.09. The normalized spacial score (nSPS) is 25.1. The quantitative estimate of drug-likeness (QED) is 0.830. The Labute approximate surface area is 171 Å². The summed E-state index contributed by atoms with van der Waals surface area (Å²) < 4.78 is 0. The van der Waals surface area contributed by atoms with Gasteiger partial charge in [-0.05, 0) is 36.8 Å². The molecule has 2 aliphatic heterocycles. The van der Waals surface area contributed by atoms with Gasteiger partial charge < -0.3 is 9.80 Å². The summed E-state index contributed by atoms with van der Waals surface area (Å²) in [5.41, 5.74) is 9.06. The summed E-state index contributed by atoms with van der Waals surface area (Å²) in [4.78, 5) is 17.4. The second-order valence-corrected chi connectivity index (χ2v) is 8.11. The Morgan fingerprint density at radius 2 is 1.68 bits per heavy atom. The van der Waals surface area contributed by atoms with Gasteiger partial charge in [-0.15, -0.1) is 0 Å². The van der Waals surface area contributed by atoms with Gasteiger partial charge in [-0.2, -0.15) is 0 Å². The minimum absolute atomic E-state index is 0.113. The highest BCUT2D eigenvalue weighted by molar-refractivity contribution is 6.30. The van der Waals surface area contributed by atoms with Gasteiger partial charge in [-0.1, -0.05) is 41.9 Å². The van der Waals surface area contributed by atoms with E-state index < -0.39 is 0 Å². The molecule has 2 aromatic rings. The van der Waals surface area contributed by atoms with E-state index in [0.29, 0.717) is 6.42 Å². The lowest BCUT2D eigenvalue weighted by Gasteiger charge is -2.37. The molecule has 1 amide bonds. The van der Waals surface area contributed by atoms with Crippen LogP contribution in [0.5, 0.6) is 0 Å². The van der Waals surface area contributed by atoms with Gasteiger partial charge in [0.05, 0.1) is 6.04 Å². The molecule has 0 aliphatic carbocycles. The number of amides is 1. The van der Waals surface area contributed by atoms with Crippen molar-refractivity contribution in [2.45, 2.75) is 25.4 Å². The van der Waals surface area contributed by atoms with Crippen molar-refractivity contribution in [1.82, 2.24) is 15.8 Å². The number of carbonyl (C=O) groups excluding carboxylic acids is 1.